The molecule has 1 aliphatic heterocycles. The topological polar surface area (TPSA) is 107 Å². The van der Waals surface area contributed by atoms with Gasteiger partial charge in [0, 0.05) is 25.7 Å². The maximum atomic E-state index is 9.58. The Hall–Kier alpha value is -0.240. The van der Waals surface area contributed by atoms with E-state index in [0.717, 1.165) is 19.5 Å². The molecule has 0 spiro atoms. The Labute approximate surface area is 95.3 Å². The fraction of sp³-hybridized carbons (Fsp3) is 1.00. The molecule has 95 valence electrons. The second-order valence-corrected chi connectivity index (χ2v) is 4.31. The van der Waals surface area contributed by atoms with Gasteiger partial charge in [0.1, 0.15) is 12.2 Å². The summed E-state index contributed by atoms with van der Waals surface area (Å²) in [6.07, 6.45) is -3.89. The summed E-state index contributed by atoms with van der Waals surface area (Å²) in [6.45, 7) is 3.10. The van der Waals surface area contributed by atoms with Crippen molar-refractivity contribution in [3.8, 4) is 0 Å². The van der Waals surface area contributed by atoms with Gasteiger partial charge >= 0.3 is 0 Å². The van der Waals surface area contributed by atoms with Crippen molar-refractivity contribution in [1.82, 2.24) is 10.6 Å². The van der Waals surface area contributed by atoms with E-state index in [9.17, 15) is 15.3 Å². The lowest BCUT2D eigenvalue weighted by atomic mass is 10.0. The number of rotatable bonds is 6. The van der Waals surface area contributed by atoms with Crippen molar-refractivity contribution in [1.29, 1.82) is 0 Å². The fourth-order valence-electron chi connectivity index (χ4n) is 1.67. The number of nitrogens with one attached hydrogen (secondary N) is 1. The highest BCUT2D eigenvalue weighted by Gasteiger charge is 2.28. The largest absolute Gasteiger partial charge is 0.391 e. The van der Waals surface area contributed by atoms with E-state index in [-0.39, 0.29) is 12.6 Å². The Morgan fingerprint density at radius 2 is 1.94 bits per heavy atom. The van der Waals surface area contributed by atoms with Crippen LogP contribution in [0.3, 0.4) is 0 Å². The van der Waals surface area contributed by atoms with Gasteiger partial charge in [-0.05, 0) is 13.3 Å². The molecule has 6 nitrogen and oxygen atoms in total. The molecular weight excluding hydrogens is 212 g/mol. The summed E-state index contributed by atoms with van der Waals surface area (Å²) in [7, 11) is 0. The van der Waals surface area contributed by atoms with E-state index in [4.69, 9.17) is 5.11 Å². The summed E-state index contributed by atoms with van der Waals surface area (Å²) in [4.78, 5) is 0. The van der Waals surface area contributed by atoms with Gasteiger partial charge in [-0.3, -0.25) is 0 Å². The van der Waals surface area contributed by atoms with Crippen LogP contribution in [0.25, 0.3) is 0 Å². The summed E-state index contributed by atoms with van der Waals surface area (Å²) < 4.78 is 0. The van der Waals surface area contributed by atoms with Gasteiger partial charge in [-0.25, -0.2) is 5.32 Å². The van der Waals surface area contributed by atoms with E-state index in [2.05, 4.69) is 10.6 Å². The van der Waals surface area contributed by atoms with Crippen LogP contribution in [0.2, 0.25) is 0 Å². The van der Waals surface area contributed by atoms with E-state index in [1.807, 2.05) is 0 Å². The first kappa shape index (κ1) is 13.8. The lowest BCUT2D eigenvalue weighted by Crippen LogP contribution is -2.48. The van der Waals surface area contributed by atoms with Crippen molar-refractivity contribution in [2.75, 3.05) is 19.6 Å². The first-order valence-electron chi connectivity index (χ1n) is 5.61. The predicted octanol–water partition coefficient (Wildman–Crippen LogP) is -2.58. The highest BCUT2D eigenvalue weighted by molar-refractivity contribution is 4.83. The van der Waals surface area contributed by atoms with Crippen LogP contribution in [0.1, 0.15) is 13.3 Å². The number of nitrogens with zero attached hydrogens (tertiary/aromatic N) is 1. The minimum absolute atomic E-state index is 0.186. The maximum Gasteiger partial charge on any atom is 0.109 e. The second kappa shape index (κ2) is 6.48. The molecule has 0 bridgehead atoms. The van der Waals surface area contributed by atoms with Gasteiger partial charge in [0.15, 0.2) is 0 Å². The minimum atomic E-state index is -1.34. The minimum Gasteiger partial charge on any atom is -0.391 e. The SMILES string of the molecule is C[C@@H](O)[C@H](O)[C@H](O)[C@@H](O)CNC1CC[N]C1. The third kappa shape index (κ3) is 3.97. The smallest absolute Gasteiger partial charge is 0.109 e. The molecule has 1 saturated heterocycles. The molecule has 1 rings (SSSR count). The zero-order chi connectivity index (χ0) is 12.1. The first-order valence-corrected chi connectivity index (χ1v) is 5.61. The van der Waals surface area contributed by atoms with E-state index < -0.39 is 24.4 Å². The average molecular weight is 233 g/mol. The molecule has 16 heavy (non-hydrogen) atoms. The third-order valence-electron chi connectivity index (χ3n) is 2.84. The van der Waals surface area contributed by atoms with Gasteiger partial charge in [0.2, 0.25) is 0 Å². The van der Waals surface area contributed by atoms with E-state index >= 15 is 0 Å². The van der Waals surface area contributed by atoms with Crippen LogP contribution in [0.4, 0.5) is 0 Å². The van der Waals surface area contributed by atoms with Crippen LogP contribution in [0, 0.1) is 0 Å². The Balaban J connectivity index is 2.24. The Morgan fingerprint density at radius 3 is 2.44 bits per heavy atom. The van der Waals surface area contributed by atoms with Crippen molar-refractivity contribution in [3.05, 3.63) is 0 Å². The van der Waals surface area contributed by atoms with Gasteiger partial charge in [0.05, 0.1) is 12.2 Å². The Kier molecular flexibility index (Phi) is 5.60. The molecule has 1 aliphatic rings. The predicted molar refractivity (Wildman–Crippen MR) is 58.0 cm³/mol. The average Bonchev–Trinajstić information content (AvgIpc) is 2.76. The van der Waals surface area contributed by atoms with Crippen LogP contribution < -0.4 is 10.6 Å². The quantitative estimate of drug-likeness (QED) is 0.346. The normalized spacial score (nSPS) is 28.7. The van der Waals surface area contributed by atoms with Crippen molar-refractivity contribution in [3.63, 3.8) is 0 Å². The molecule has 1 fully saturated rings. The number of hydrogen-bond donors (Lipinski definition) is 5. The standard InChI is InChI=1S/C10H21N2O4/c1-6(13)9(15)10(16)8(14)5-12-7-2-3-11-4-7/h6-10,12-16H,2-5H2,1H3/t6-,7?,8+,9+,10-/m1/s1. The van der Waals surface area contributed by atoms with Crippen molar-refractivity contribution < 1.29 is 20.4 Å². The number of aliphatic hydroxyl groups excluding tert-OH is 4. The molecule has 1 heterocycles. The maximum absolute atomic E-state index is 9.58. The van der Waals surface area contributed by atoms with Gasteiger partial charge < -0.3 is 25.7 Å². The summed E-state index contributed by atoms with van der Waals surface area (Å²) in [5, 5.41) is 44.7. The van der Waals surface area contributed by atoms with Gasteiger partial charge in [-0.1, -0.05) is 0 Å². The fourth-order valence-corrected chi connectivity index (χ4v) is 1.67. The zero-order valence-corrected chi connectivity index (χ0v) is 9.45. The van der Waals surface area contributed by atoms with Crippen LogP contribution in [-0.4, -0.2) is 70.5 Å². The molecule has 0 saturated carbocycles. The van der Waals surface area contributed by atoms with Crippen LogP contribution in [0.15, 0.2) is 0 Å². The molecule has 0 aromatic carbocycles. The molecule has 0 amide bonds. The van der Waals surface area contributed by atoms with Gasteiger partial charge in [-0.15, -0.1) is 0 Å². The van der Waals surface area contributed by atoms with Crippen LogP contribution in [-0.2, 0) is 0 Å². The van der Waals surface area contributed by atoms with Crippen molar-refractivity contribution >= 4 is 0 Å². The summed E-state index contributed by atoms with van der Waals surface area (Å²) in [6, 6.07) is 0.241. The molecule has 5 atom stereocenters. The summed E-state index contributed by atoms with van der Waals surface area (Å²) >= 11 is 0. The van der Waals surface area contributed by atoms with Crippen molar-refractivity contribution in [2.45, 2.75) is 43.8 Å². The molecule has 6 heteroatoms. The lowest BCUT2D eigenvalue weighted by Gasteiger charge is -2.25. The molecule has 1 radical (unpaired) electrons. The summed E-state index contributed by atoms with van der Waals surface area (Å²) in [5.74, 6) is 0. The molecule has 0 aromatic heterocycles. The van der Waals surface area contributed by atoms with E-state index in [1.54, 1.807) is 0 Å². The molecular formula is C10H21N2O4. The zero-order valence-electron chi connectivity index (χ0n) is 9.45. The Bertz CT molecular complexity index is 197. The highest BCUT2D eigenvalue weighted by atomic mass is 16.4. The summed E-state index contributed by atoms with van der Waals surface area (Å²) in [5.41, 5.74) is 0. The van der Waals surface area contributed by atoms with Crippen LogP contribution in [0.5, 0.6) is 0 Å². The molecule has 0 aliphatic carbocycles. The monoisotopic (exact) mass is 233 g/mol. The van der Waals surface area contributed by atoms with Gasteiger partial charge in [0.25, 0.3) is 0 Å². The van der Waals surface area contributed by atoms with Gasteiger partial charge in [-0.2, -0.15) is 0 Å². The molecule has 0 aromatic rings. The Morgan fingerprint density at radius 1 is 1.25 bits per heavy atom. The van der Waals surface area contributed by atoms with Crippen molar-refractivity contribution in [2.24, 2.45) is 0 Å². The second-order valence-electron chi connectivity index (χ2n) is 4.31. The first-order chi connectivity index (χ1) is 7.52. The van der Waals surface area contributed by atoms with E-state index in [1.165, 1.54) is 6.92 Å². The van der Waals surface area contributed by atoms with Crippen LogP contribution >= 0.6 is 0 Å². The molecule has 5 N–H and O–H groups in total. The van der Waals surface area contributed by atoms with E-state index in [0.29, 0.717) is 0 Å². The lowest BCUT2D eigenvalue weighted by molar-refractivity contribution is -0.0989. The number of hydrogen-bond acceptors (Lipinski definition) is 5. The highest BCUT2D eigenvalue weighted by Crippen LogP contribution is 2.05. The third-order valence-corrected chi connectivity index (χ3v) is 2.84. The molecule has 1 unspecified atom stereocenters. The number of aliphatic hydroxyl groups is 4.